The number of aromatic nitrogens is 2. The molecule has 9 aromatic rings. The van der Waals surface area contributed by atoms with Crippen LogP contribution in [-0.2, 0) is 5.41 Å². The highest BCUT2D eigenvalue weighted by Crippen LogP contribution is 2.53. The Hall–Kier alpha value is -6.64. The molecule has 0 unspecified atom stereocenters. The van der Waals surface area contributed by atoms with Gasteiger partial charge in [0.15, 0.2) is 5.82 Å². The quantitative estimate of drug-likeness (QED) is 0.181. The van der Waals surface area contributed by atoms with Gasteiger partial charge in [0.05, 0.1) is 11.4 Å². The summed E-state index contributed by atoms with van der Waals surface area (Å²) in [6, 6.07) is 65.5. The van der Waals surface area contributed by atoms with E-state index < -0.39 is 0 Å². The molecule has 0 spiro atoms. The molecule has 0 aliphatic heterocycles. The van der Waals surface area contributed by atoms with Crippen molar-refractivity contribution in [2.45, 2.75) is 19.3 Å². The molecule has 0 bridgehead atoms. The summed E-state index contributed by atoms with van der Waals surface area (Å²) in [5.74, 6) is 0.714. The Labute approximate surface area is 310 Å². The minimum Gasteiger partial charge on any atom is -0.228 e. The van der Waals surface area contributed by atoms with Crippen molar-refractivity contribution in [3.8, 4) is 67.3 Å². The Morgan fingerprint density at radius 3 is 1.68 bits per heavy atom. The molecule has 250 valence electrons. The summed E-state index contributed by atoms with van der Waals surface area (Å²) in [4.78, 5) is 10.3. The highest BCUT2D eigenvalue weighted by atomic mass is 14.9. The van der Waals surface area contributed by atoms with Crippen LogP contribution in [0.5, 0.6) is 0 Å². The molecule has 0 saturated carbocycles. The predicted octanol–water partition coefficient (Wildman–Crippen LogP) is 13.4. The van der Waals surface area contributed by atoms with Crippen molar-refractivity contribution in [3.63, 3.8) is 0 Å². The van der Waals surface area contributed by atoms with Crippen LogP contribution in [0.25, 0.3) is 88.8 Å². The standard InChI is InChI=1S/C51H36N2/c1-51(2)45-22-12-21-43(49(45)44-30-37-17-9-10-18-38(37)31-46(44)51)39-25-23-34-24-26-41(29-42(34)28-39)48-32-47(52-50(53-48)35-15-7-4-8-16-35)40-20-11-19-36(27-40)33-13-5-3-6-14-33/h3-32H,1-2H3. The lowest BCUT2D eigenvalue weighted by Gasteiger charge is -2.22. The lowest BCUT2D eigenvalue weighted by atomic mass is 9.81. The minimum atomic E-state index is -0.0868. The van der Waals surface area contributed by atoms with Crippen molar-refractivity contribution < 1.29 is 0 Å². The summed E-state index contributed by atoms with van der Waals surface area (Å²) >= 11 is 0. The predicted molar refractivity (Wildman–Crippen MR) is 222 cm³/mol. The van der Waals surface area contributed by atoms with Crippen LogP contribution < -0.4 is 0 Å². The fourth-order valence-electron chi connectivity index (χ4n) is 8.23. The second-order valence-corrected chi connectivity index (χ2v) is 14.6. The second-order valence-electron chi connectivity index (χ2n) is 14.6. The lowest BCUT2D eigenvalue weighted by Crippen LogP contribution is -2.14. The van der Waals surface area contributed by atoms with Crippen LogP contribution in [0.4, 0.5) is 0 Å². The molecule has 0 saturated heterocycles. The molecule has 1 aliphatic carbocycles. The van der Waals surface area contributed by atoms with Gasteiger partial charge in [0.25, 0.3) is 0 Å². The van der Waals surface area contributed by atoms with E-state index in [1.165, 1.54) is 60.5 Å². The molecule has 0 amide bonds. The number of hydrogen-bond acceptors (Lipinski definition) is 2. The molecule has 0 radical (unpaired) electrons. The van der Waals surface area contributed by atoms with Crippen molar-refractivity contribution in [2.24, 2.45) is 0 Å². The molecular weight excluding hydrogens is 641 g/mol. The van der Waals surface area contributed by atoms with Crippen molar-refractivity contribution >= 4 is 21.5 Å². The molecule has 1 heterocycles. The summed E-state index contributed by atoms with van der Waals surface area (Å²) < 4.78 is 0. The van der Waals surface area contributed by atoms with Gasteiger partial charge in [-0.1, -0.05) is 159 Å². The van der Waals surface area contributed by atoms with Crippen molar-refractivity contribution in [1.82, 2.24) is 9.97 Å². The summed E-state index contributed by atoms with van der Waals surface area (Å²) in [6.07, 6.45) is 0. The zero-order chi connectivity index (χ0) is 35.5. The second kappa shape index (κ2) is 12.3. The van der Waals surface area contributed by atoms with E-state index in [9.17, 15) is 0 Å². The zero-order valence-corrected chi connectivity index (χ0v) is 29.7. The van der Waals surface area contributed by atoms with Crippen molar-refractivity contribution in [2.75, 3.05) is 0 Å². The van der Waals surface area contributed by atoms with Gasteiger partial charge in [-0.25, -0.2) is 9.97 Å². The highest BCUT2D eigenvalue weighted by molar-refractivity contribution is 6.00. The Kier molecular flexibility index (Phi) is 7.19. The molecule has 0 fully saturated rings. The van der Waals surface area contributed by atoms with E-state index in [4.69, 9.17) is 9.97 Å². The number of rotatable bonds is 5. The van der Waals surface area contributed by atoms with Crippen molar-refractivity contribution in [3.05, 3.63) is 193 Å². The third-order valence-corrected chi connectivity index (χ3v) is 11.0. The van der Waals surface area contributed by atoms with E-state index in [0.717, 1.165) is 33.6 Å². The molecule has 1 aromatic heterocycles. The SMILES string of the molecule is CC1(C)c2cc3ccccc3cc2-c2c(-c3ccc4ccc(-c5cc(-c6cccc(-c7ccccc7)c6)nc(-c6ccccc6)n5)cc4c3)cccc21. The van der Waals surface area contributed by atoms with Gasteiger partial charge in [-0.05, 0) is 102 Å². The van der Waals surface area contributed by atoms with Gasteiger partial charge in [0.2, 0.25) is 0 Å². The van der Waals surface area contributed by atoms with Crippen LogP contribution in [0.3, 0.4) is 0 Å². The largest absolute Gasteiger partial charge is 0.228 e. The third-order valence-electron chi connectivity index (χ3n) is 11.0. The van der Waals surface area contributed by atoms with E-state index in [1.807, 2.05) is 18.2 Å². The Bertz CT molecular complexity index is 2850. The maximum absolute atomic E-state index is 5.17. The first-order valence-corrected chi connectivity index (χ1v) is 18.3. The average molecular weight is 677 g/mol. The maximum Gasteiger partial charge on any atom is 0.160 e. The minimum absolute atomic E-state index is 0.0868. The van der Waals surface area contributed by atoms with Gasteiger partial charge < -0.3 is 0 Å². The van der Waals surface area contributed by atoms with E-state index >= 15 is 0 Å². The summed E-state index contributed by atoms with van der Waals surface area (Å²) in [7, 11) is 0. The van der Waals surface area contributed by atoms with Crippen molar-refractivity contribution in [1.29, 1.82) is 0 Å². The summed E-state index contributed by atoms with van der Waals surface area (Å²) in [6.45, 7) is 4.72. The van der Waals surface area contributed by atoms with Crippen LogP contribution in [0.1, 0.15) is 25.0 Å². The smallest absolute Gasteiger partial charge is 0.160 e. The van der Waals surface area contributed by atoms with Gasteiger partial charge in [-0.15, -0.1) is 0 Å². The molecule has 0 atom stereocenters. The molecule has 1 aliphatic rings. The Morgan fingerprint density at radius 1 is 0.340 bits per heavy atom. The molecule has 53 heavy (non-hydrogen) atoms. The Balaban J connectivity index is 1.11. The topological polar surface area (TPSA) is 25.8 Å². The fourth-order valence-corrected chi connectivity index (χ4v) is 8.23. The molecule has 2 heteroatoms. The highest BCUT2D eigenvalue weighted by Gasteiger charge is 2.37. The molecule has 8 aromatic carbocycles. The first kappa shape index (κ1) is 31.1. The molecule has 0 N–H and O–H groups in total. The van der Waals surface area contributed by atoms with Crippen LogP contribution in [0, 0.1) is 0 Å². The van der Waals surface area contributed by atoms with Gasteiger partial charge in [-0.3, -0.25) is 0 Å². The summed E-state index contributed by atoms with van der Waals surface area (Å²) in [5, 5.41) is 4.95. The van der Waals surface area contributed by atoms with E-state index in [2.05, 4.69) is 178 Å². The number of nitrogens with zero attached hydrogens (tertiary/aromatic N) is 2. The van der Waals surface area contributed by atoms with E-state index in [1.54, 1.807) is 0 Å². The van der Waals surface area contributed by atoms with Gasteiger partial charge in [-0.2, -0.15) is 0 Å². The van der Waals surface area contributed by atoms with Gasteiger partial charge in [0.1, 0.15) is 0 Å². The van der Waals surface area contributed by atoms with E-state index in [0.29, 0.717) is 5.82 Å². The maximum atomic E-state index is 5.17. The Morgan fingerprint density at radius 2 is 0.925 bits per heavy atom. The lowest BCUT2D eigenvalue weighted by molar-refractivity contribution is 0.661. The summed E-state index contributed by atoms with van der Waals surface area (Å²) in [5.41, 5.74) is 15.1. The first-order chi connectivity index (χ1) is 26.0. The molecule has 2 nitrogen and oxygen atoms in total. The molecule has 10 rings (SSSR count). The van der Waals surface area contributed by atoms with Gasteiger partial charge in [0, 0.05) is 22.1 Å². The van der Waals surface area contributed by atoms with Crippen LogP contribution >= 0.6 is 0 Å². The number of fused-ring (bicyclic) bond motifs is 5. The molecular formula is C51H36N2. The fraction of sp³-hybridized carbons (Fsp3) is 0.0588. The number of benzene rings is 8. The normalized spacial score (nSPS) is 12.9. The zero-order valence-electron chi connectivity index (χ0n) is 29.7. The number of hydrogen-bond donors (Lipinski definition) is 0. The van der Waals surface area contributed by atoms with Crippen LogP contribution in [0.15, 0.2) is 182 Å². The third kappa shape index (κ3) is 5.34. The first-order valence-electron chi connectivity index (χ1n) is 18.3. The van der Waals surface area contributed by atoms with Gasteiger partial charge >= 0.3 is 0 Å². The monoisotopic (exact) mass is 676 g/mol. The van der Waals surface area contributed by atoms with Crippen LogP contribution in [-0.4, -0.2) is 9.97 Å². The van der Waals surface area contributed by atoms with E-state index in [-0.39, 0.29) is 5.41 Å². The van der Waals surface area contributed by atoms with Crippen LogP contribution in [0.2, 0.25) is 0 Å². The average Bonchev–Trinajstić information content (AvgIpc) is 3.45.